The summed E-state index contributed by atoms with van der Waals surface area (Å²) in [5.74, 6) is -7.24. The molecule has 7 nitrogen and oxygen atoms in total. The second-order valence-corrected chi connectivity index (χ2v) is 6.50. The van der Waals surface area contributed by atoms with Gasteiger partial charge in [0.25, 0.3) is 11.7 Å². The van der Waals surface area contributed by atoms with E-state index in [0.717, 1.165) is 11.0 Å². The van der Waals surface area contributed by atoms with Crippen molar-refractivity contribution in [2.45, 2.75) is 27.2 Å². The van der Waals surface area contributed by atoms with Gasteiger partial charge in [-0.3, -0.25) is 19.1 Å². The lowest BCUT2D eigenvalue weighted by atomic mass is 10.1. The quantitative estimate of drug-likeness (QED) is 0.432. The minimum atomic E-state index is -1.72. The molecule has 0 fully saturated rings. The van der Waals surface area contributed by atoms with Crippen molar-refractivity contribution >= 4 is 23.3 Å². The number of amides is 2. The highest BCUT2D eigenvalue weighted by Gasteiger charge is 2.29. The summed E-state index contributed by atoms with van der Waals surface area (Å²) >= 11 is 0. The zero-order valence-electron chi connectivity index (χ0n) is 16.5. The first kappa shape index (κ1) is 22.1. The molecule has 156 valence electrons. The minimum Gasteiger partial charge on any atom is -0.326 e. The van der Waals surface area contributed by atoms with E-state index in [0.29, 0.717) is 23.9 Å². The van der Waals surface area contributed by atoms with Crippen molar-refractivity contribution in [1.29, 1.82) is 0 Å². The van der Waals surface area contributed by atoms with Crippen LogP contribution in [0, 0.1) is 31.3 Å². The van der Waals surface area contributed by atoms with E-state index in [1.165, 1.54) is 4.68 Å². The largest absolute Gasteiger partial charge is 0.326 e. The Hall–Kier alpha value is -3.17. The van der Waals surface area contributed by atoms with Crippen LogP contribution < -0.4 is 5.32 Å². The zero-order valence-corrected chi connectivity index (χ0v) is 16.5. The van der Waals surface area contributed by atoms with Crippen LogP contribution in [-0.2, 0) is 16.6 Å². The van der Waals surface area contributed by atoms with Crippen LogP contribution in [0.5, 0.6) is 0 Å². The summed E-state index contributed by atoms with van der Waals surface area (Å²) in [5, 5.41) is 6.18. The van der Waals surface area contributed by atoms with Crippen LogP contribution in [0.3, 0.4) is 0 Å². The summed E-state index contributed by atoms with van der Waals surface area (Å²) in [6, 6.07) is 1.53. The van der Waals surface area contributed by atoms with Gasteiger partial charge in [0.1, 0.15) is 6.54 Å². The maximum atomic E-state index is 13.7. The highest BCUT2D eigenvalue weighted by molar-refractivity contribution is 6.43. The molecular formula is C19H21F3N4O3. The fraction of sp³-hybridized carbons (Fsp3) is 0.368. The van der Waals surface area contributed by atoms with Crippen LogP contribution in [0.15, 0.2) is 12.1 Å². The number of nitrogens with one attached hydrogen (secondary N) is 1. The molecule has 10 heteroatoms. The number of aromatic nitrogens is 2. The van der Waals surface area contributed by atoms with E-state index in [1.54, 1.807) is 27.8 Å². The molecule has 0 aliphatic carbocycles. The normalized spacial score (nSPS) is 10.7. The lowest BCUT2D eigenvalue weighted by Crippen LogP contribution is -2.42. The summed E-state index contributed by atoms with van der Waals surface area (Å²) in [4.78, 5) is 38.6. The smallest absolute Gasteiger partial charge is 0.295 e. The molecule has 0 atom stereocenters. The molecule has 2 rings (SSSR count). The van der Waals surface area contributed by atoms with Crippen molar-refractivity contribution in [2.75, 3.05) is 18.4 Å². The van der Waals surface area contributed by atoms with Crippen LogP contribution >= 0.6 is 0 Å². The van der Waals surface area contributed by atoms with E-state index in [-0.39, 0.29) is 12.1 Å². The highest BCUT2D eigenvalue weighted by Crippen LogP contribution is 2.20. The van der Waals surface area contributed by atoms with Gasteiger partial charge >= 0.3 is 0 Å². The number of carbonyl (C=O) groups excluding carboxylic acids is 3. The van der Waals surface area contributed by atoms with Gasteiger partial charge < -0.3 is 10.2 Å². The van der Waals surface area contributed by atoms with Gasteiger partial charge in [-0.15, -0.1) is 0 Å². The molecule has 0 spiro atoms. The second kappa shape index (κ2) is 8.89. The molecule has 0 bridgehead atoms. The molecule has 0 aliphatic heterocycles. The van der Waals surface area contributed by atoms with E-state index in [9.17, 15) is 27.6 Å². The zero-order chi connectivity index (χ0) is 21.9. The average molecular weight is 410 g/mol. The van der Waals surface area contributed by atoms with Crippen LogP contribution in [0.25, 0.3) is 0 Å². The van der Waals surface area contributed by atoms with Gasteiger partial charge in [-0.25, -0.2) is 13.2 Å². The van der Waals surface area contributed by atoms with Gasteiger partial charge in [0.05, 0.1) is 16.9 Å². The van der Waals surface area contributed by atoms with Gasteiger partial charge in [0.15, 0.2) is 17.5 Å². The molecule has 1 aromatic carbocycles. The van der Waals surface area contributed by atoms with Crippen LogP contribution in [0.1, 0.15) is 35.1 Å². The number of Topliss-reactive ketones (excluding diaryl/α,β-unsaturated/α-hetero) is 1. The topological polar surface area (TPSA) is 84.3 Å². The van der Waals surface area contributed by atoms with E-state index in [4.69, 9.17) is 0 Å². The summed E-state index contributed by atoms with van der Waals surface area (Å²) in [6.45, 7) is 4.52. The predicted octanol–water partition coefficient (Wildman–Crippen LogP) is 2.51. The Morgan fingerprint density at radius 1 is 1.14 bits per heavy atom. The number of hydrogen-bond donors (Lipinski definition) is 1. The van der Waals surface area contributed by atoms with Crippen LogP contribution in [0.2, 0.25) is 0 Å². The summed E-state index contributed by atoms with van der Waals surface area (Å²) in [6.07, 6.45) is 0.455. The number of rotatable bonds is 7. The average Bonchev–Trinajstić information content (AvgIpc) is 2.92. The Morgan fingerprint density at radius 2 is 1.79 bits per heavy atom. The Bertz CT molecular complexity index is 972. The second-order valence-electron chi connectivity index (χ2n) is 6.50. The van der Waals surface area contributed by atoms with Gasteiger partial charge in [-0.05, 0) is 32.4 Å². The maximum Gasteiger partial charge on any atom is 0.295 e. The number of halogens is 3. The standard InChI is InChI=1S/C19H21F3N4O3/c1-5-8-26(19(29)18(28)15-10(2)24-25(4)11(15)3)9-14(27)23-13-7-6-12(20)16(21)17(13)22/h6-7H,5,8-9H2,1-4H3,(H,23,27). The van der Waals surface area contributed by atoms with Crippen molar-refractivity contribution in [3.05, 3.63) is 46.5 Å². The number of ketones is 1. The third-order valence-corrected chi connectivity index (χ3v) is 4.35. The molecule has 2 aromatic rings. The van der Waals surface area contributed by atoms with Crippen molar-refractivity contribution in [3.63, 3.8) is 0 Å². The summed E-state index contributed by atoms with van der Waals surface area (Å²) < 4.78 is 41.5. The fourth-order valence-corrected chi connectivity index (χ4v) is 2.86. The number of nitrogens with zero attached hydrogens (tertiary/aromatic N) is 3. The molecular weight excluding hydrogens is 389 g/mol. The molecule has 0 saturated carbocycles. The molecule has 1 aromatic heterocycles. The first-order chi connectivity index (χ1) is 13.6. The Labute approximate surface area is 165 Å². The molecule has 0 unspecified atom stereocenters. The maximum absolute atomic E-state index is 13.7. The monoisotopic (exact) mass is 410 g/mol. The van der Waals surface area contributed by atoms with E-state index >= 15 is 0 Å². The van der Waals surface area contributed by atoms with Crippen molar-refractivity contribution in [3.8, 4) is 0 Å². The lowest BCUT2D eigenvalue weighted by Gasteiger charge is -2.21. The van der Waals surface area contributed by atoms with E-state index < -0.39 is 47.3 Å². The van der Waals surface area contributed by atoms with Crippen LogP contribution in [0.4, 0.5) is 18.9 Å². The molecule has 29 heavy (non-hydrogen) atoms. The van der Waals surface area contributed by atoms with E-state index in [2.05, 4.69) is 10.4 Å². The molecule has 1 N–H and O–H groups in total. The van der Waals surface area contributed by atoms with Gasteiger partial charge in [0, 0.05) is 19.3 Å². The molecule has 0 radical (unpaired) electrons. The summed E-state index contributed by atoms with van der Waals surface area (Å²) in [7, 11) is 1.64. The Kier molecular flexibility index (Phi) is 6.78. The number of hydrogen-bond acceptors (Lipinski definition) is 4. The number of aryl methyl sites for hydroxylation is 2. The molecule has 1 heterocycles. The highest BCUT2D eigenvalue weighted by atomic mass is 19.2. The minimum absolute atomic E-state index is 0.0939. The van der Waals surface area contributed by atoms with Crippen molar-refractivity contribution in [2.24, 2.45) is 7.05 Å². The first-order valence-electron chi connectivity index (χ1n) is 8.85. The number of carbonyl (C=O) groups is 3. The third kappa shape index (κ3) is 4.64. The van der Waals surface area contributed by atoms with Crippen molar-refractivity contribution in [1.82, 2.24) is 14.7 Å². The molecule has 0 saturated heterocycles. The van der Waals surface area contributed by atoms with Crippen molar-refractivity contribution < 1.29 is 27.6 Å². The van der Waals surface area contributed by atoms with Crippen LogP contribution in [-0.4, -0.2) is 45.4 Å². The lowest BCUT2D eigenvalue weighted by molar-refractivity contribution is -0.130. The Morgan fingerprint density at radius 3 is 2.34 bits per heavy atom. The predicted molar refractivity (Wildman–Crippen MR) is 98.8 cm³/mol. The SMILES string of the molecule is CCCN(CC(=O)Nc1ccc(F)c(F)c1F)C(=O)C(=O)c1c(C)nn(C)c1C. The molecule has 0 aliphatic rings. The molecule has 2 amide bonds. The first-order valence-corrected chi connectivity index (χ1v) is 8.85. The van der Waals surface area contributed by atoms with Gasteiger partial charge in [-0.2, -0.15) is 5.10 Å². The Balaban J connectivity index is 2.18. The number of anilines is 1. The fourth-order valence-electron chi connectivity index (χ4n) is 2.86. The van der Waals surface area contributed by atoms with Gasteiger partial charge in [-0.1, -0.05) is 6.92 Å². The van der Waals surface area contributed by atoms with E-state index in [1.807, 2.05) is 0 Å². The van der Waals surface area contributed by atoms with Gasteiger partial charge in [0.2, 0.25) is 5.91 Å². The number of benzene rings is 1. The summed E-state index contributed by atoms with van der Waals surface area (Å²) in [5.41, 5.74) is 0.479. The third-order valence-electron chi connectivity index (χ3n) is 4.35.